The van der Waals surface area contributed by atoms with Crippen LogP contribution >= 0.6 is 0 Å². The maximum absolute atomic E-state index is 5.41. The molecule has 0 aliphatic carbocycles. The zero-order valence-corrected chi connectivity index (χ0v) is 12.9. The lowest BCUT2D eigenvalue weighted by Crippen LogP contribution is -2.23. The molecule has 1 atom stereocenters. The van der Waals surface area contributed by atoms with Gasteiger partial charge in [0, 0.05) is 17.8 Å². The summed E-state index contributed by atoms with van der Waals surface area (Å²) in [6, 6.07) is 14.9. The van der Waals surface area contributed by atoms with Crippen molar-refractivity contribution in [2.45, 2.75) is 32.2 Å². The Morgan fingerprint density at radius 3 is 2.67 bits per heavy atom. The molecule has 2 aromatic rings. The van der Waals surface area contributed by atoms with Crippen molar-refractivity contribution in [2.24, 2.45) is 0 Å². The molecule has 0 saturated carbocycles. The first-order valence-corrected chi connectivity index (χ1v) is 7.61. The predicted octanol–water partition coefficient (Wildman–Crippen LogP) is 3.76. The second kappa shape index (κ2) is 8.42. The van der Waals surface area contributed by atoms with E-state index in [4.69, 9.17) is 4.74 Å². The van der Waals surface area contributed by atoms with Gasteiger partial charge >= 0.3 is 0 Å². The minimum atomic E-state index is 0.272. The van der Waals surface area contributed by atoms with Gasteiger partial charge in [0.05, 0.1) is 7.11 Å². The molecule has 21 heavy (non-hydrogen) atoms. The van der Waals surface area contributed by atoms with Crippen molar-refractivity contribution in [3.63, 3.8) is 0 Å². The normalized spacial score (nSPS) is 12.1. The maximum atomic E-state index is 5.41. The molecule has 1 aromatic carbocycles. The van der Waals surface area contributed by atoms with Gasteiger partial charge in [-0.2, -0.15) is 0 Å². The topological polar surface area (TPSA) is 34.2 Å². The fraction of sp³-hybridized carbons (Fsp3) is 0.389. The number of nitrogens with one attached hydrogen (secondary N) is 1. The van der Waals surface area contributed by atoms with Crippen molar-refractivity contribution in [3.05, 3.63) is 59.8 Å². The van der Waals surface area contributed by atoms with Crippen molar-refractivity contribution in [2.75, 3.05) is 13.7 Å². The average Bonchev–Trinajstić information content (AvgIpc) is 2.56. The highest BCUT2D eigenvalue weighted by atomic mass is 16.5. The average molecular weight is 284 g/mol. The summed E-state index contributed by atoms with van der Waals surface area (Å²) in [5.74, 6) is 0.721. The molecular formula is C18H24N2O. The van der Waals surface area contributed by atoms with Crippen LogP contribution in [0.1, 0.15) is 36.9 Å². The second-order valence-corrected chi connectivity index (χ2v) is 5.13. The number of benzene rings is 1. The van der Waals surface area contributed by atoms with E-state index in [0.29, 0.717) is 0 Å². The molecule has 2 rings (SSSR count). The van der Waals surface area contributed by atoms with E-state index in [2.05, 4.69) is 53.6 Å². The first-order valence-electron chi connectivity index (χ1n) is 7.61. The number of aromatic nitrogens is 1. The molecule has 3 nitrogen and oxygen atoms in total. The molecule has 1 aromatic heterocycles. The monoisotopic (exact) mass is 284 g/mol. The molecule has 1 N–H and O–H groups in total. The van der Waals surface area contributed by atoms with Gasteiger partial charge < -0.3 is 10.1 Å². The summed E-state index contributed by atoms with van der Waals surface area (Å²) in [4.78, 5) is 4.32. The SMILES string of the molecule is CCCNC(CCc1ccccc1)c1cccnc1OC. The third kappa shape index (κ3) is 4.57. The molecular weight excluding hydrogens is 260 g/mol. The predicted molar refractivity (Wildman–Crippen MR) is 86.6 cm³/mol. The van der Waals surface area contributed by atoms with Crippen LogP contribution in [-0.2, 0) is 6.42 Å². The maximum Gasteiger partial charge on any atom is 0.217 e. The molecule has 0 radical (unpaired) electrons. The van der Waals surface area contributed by atoms with Crippen LogP contribution in [0, 0.1) is 0 Å². The lowest BCUT2D eigenvalue weighted by molar-refractivity contribution is 0.379. The van der Waals surface area contributed by atoms with E-state index < -0.39 is 0 Å². The third-order valence-corrected chi connectivity index (χ3v) is 3.57. The van der Waals surface area contributed by atoms with Crippen LogP contribution in [-0.4, -0.2) is 18.6 Å². The number of aryl methyl sites for hydroxylation is 1. The standard InChI is InChI=1S/C18H24N2O/c1-3-13-19-17(12-11-15-8-5-4-6-9-15)16-10-7-14-20-18(16)21-2/h4-10,14,17,19H,3,11-13H2,1-2H3. The van der Waals surface area contributed by atoms with Crippen molar-refractivity contribution < 1.29 is 4.74 Å². The van der Waals surface area contributed by atoms with Gasteiger partial charge in [-0.1, -0.05) is 43.3 Å². The van der Waals surface area contributed by atoms with Gasteiger partial charge in [0.1, 0.15) is 0 Å². The van der Waals surface area contributed by atoms with E-state index in [1.54, 1.807) is 13.3 Å². The minimum absolute atomic E-state index is 0.272. The molecule has 0 spiro atoms. The molecule has 0 amide bonds. The smallest absolute Gasteiger partial charge is 0.217 e. The van der Waals surface area contributed by atoms with Crippen LogP contribution in [0.15, 0.2) is 48.7 Å². The van der Waals surface area contributed by atoms with Gasteiger partial charge in [-0.15, -0.1) is 0 Å². The Hall–Kier alpha value is -1.87. The largest absolute Gasteiger partial charge is 0.481 e. The molecule has 112 valence electrons. The van der Waals surface area contributed by atoms with E-state index in [1.807, 2.05) is 6.07 Å². The molecule has 3 heteroatoms. The summed E-state index contributed by atoms with van der Waals surface area (Å²) in [5.41, 5.74) is 2.51. The van der Waals surface area contributed by atoms with E-state index in [-0.39, 0.29) is 6.04 Å². The second-order valence-electron chi connectivity index (χ2n) is 5.13. The van der Waals surface area contributed by atoms with Gasteiger partial charge in [0.25, 0.3) is 0 Å². The summed E-state index contributed by atoms with van der Waals surface area (Å²) in [6.45, 7) is 3.18. The molecule has 0 bridgehead atoms. The van der Waals surface area contributed by atoms with Crippen LogP contribution in [0.25, 0.3) is 0 Å². The number of methoxy groups -OCH3 is 1. The highest BCUT2D eigenvalue weighted by Gasteiger charge is 2.16. The fourth-order valence-corrected chi connectivity index (χ4v) is 2.48. The van der Waals surface area contributed by atoms with Crippen LogP contribution < -0.4 is 10.1 Å². The number of hydrogen-bond acceptors (Lipinski definition) is 3. The van der Waals surface area contributed by atoms with Crippen molar-refractivity contribution >= 4 is 0 Å². The Kier molecular flexibility index (Phi) is 6.22. The van der Waals surface area contributed by atoms with Gasteiger partial charge in [0.15, 0.2) is 0 Å². The lowest BCUT2D eigenvalue weighted by atomic mass is 9.99. The lowest BCUT2D eigenvalue weighted by Gasteiger charge is -2.20. The summed E-state index contributed by atoms with van der Waals surface area (Å²) < 4.78 is 5.41. The van der Waals surface area contributed by atoms with Crippen molar-refractivity contribution in [3.8, 4) is 5.88 Å². The number of pyridine rings is 1. The van der Waals surface area contributed by atoms with E-state index in [1.165, 1.54) is 5.56 Å². The quantitative estimate of drug-likeness (QED) is 0.801. The molecule has 0 fully saturated rings. The molecule has 1 unspecified atom stereocenters. The Bertz CT molecular complexity index is 528. The minimum Gasteiger partial charge on any atom is -0.481 e. The molecule has 0 aliphatic heterocycles. The summed E-state index contributed by atoms with van der Waals surface area (Å²) in [6.07, 6.45) is 4.97. The van der Waals surface area contributed by atoms with Crippen LogP contribution in [0.5, 0.6) is 5.88 Å². The zero-order chi connectivity index (χ0) is 14.9. The van der Waals surface area contributed by atoms with Crippen molar-refractivity contribution in [1.82, 2.24) is 10.3 Å². The van der Waals surface area contributed by atoms with Crippen LogP contribution in [0.2, 0.25) is 0 Å². The van der Waals surface area contributed by atoms with Crippen LogP contribution in [0.3, 0.4) is 0 Å². The number of rotatable bonds is 8. The fourth-order valence-electron chi connectivity index (χ4n) is 2.48. The molecule has 0 saturated heterocycles. The van der Waals surface area contributed by atoms with Gasteiger partial charge in [-0.3, -0.25) is 0 Å². The van der Waals surface area contributed by atoms with Crippen LogP contribution in [0.4, 0.5) is 0 Å². The van der Waals surface area contributed by atoms with Crippen molar-refractivity contribution in [1.29, 1.82) is 0 Å². The summed E-state index contributed by atoms with van der Waals surface area (Å²) in [5, 5.41) is 3.61. The first-order chi connectivity index (χ1) is 10.3. The Balaban J connectivity index is 2.10. The summed E-state index contributed by atoms with van der Waals surface area (Å²) >= 11 is 0. The van der Waals surface area contributed by atoms with Gasteiger partial charge in [-0.05, 0) is 37.4 Å². The van der Waals surface area contributed by atoms with E-state index in [0.717, 1.165) is 37.3 Å². The highest BCUT2D eigenvalue weighted by molar-refractivity contribution is 5.29. The molecule has 0 aliphatic rings. The zero-order valence-electron chi connectivity index (χ0n) is 12.9. The van der Waals surface area contributed by atoms with E-state index in [9.17, 15) is 0 Å². The molecule has 1 heterocycles. The third-order valence-electron chi connectivity index (χ3n) is 3.57. The first kappa shape index (κ1) is 15.5. The Morgan fingerprint density at radius 2 is 1.95 bits per heavy atom. The number of hydrogen-bond donors (Lipinski definition) is 1. The summed E-state index contributed by atoms with van der Waals surface area (Å²) in [7, 11) is 1.68. The van der Waals surface area contributed by atoms with Gasteiger partial charge in [0.2, 0.25) is 5.88 Å². The number of nitrogens with zero attached hydrogens (tertiary/aromatic N) is 1. The van der Waals surface area contributed by atoms with E-state index >= 15 is 0 Å². The van der Waals surface area contributed by atoms with Gasteiger partial charge in [-0.25, -0.2) is 4.98 Å². The Morgan fingerprint density at radius 1 is 1.14 bits per heavy atom. The highest BCUT2D eigenvalue weighted by Crippen LogP contribution is 2.26. The Labute approximate surface area is 127 Å². The number of ether oxygens (including phenoxy) is 1.